The average Bonchev–Trinajstić information content (AvgIpc) is 2.73. The van der Waals surface area contributed by atoms with Crippen molar-refractivity contribution in [2.24, 2.45) is 5.73 Å². The quantitative estimate of drug-likeness (QED) is 0.872. The number of carbonyl (C=O) groups excluding carboxylic acids is 1. The number of carboxylic acids is 1. The predicted octanol–water partition coefficient (Wildman–Crippen LogP) is 2.03. The largest absolute Gasteiger partial charge is 0.481 e. The second-order valence-corrected chi connectivity index (χ2v) is 6.50. The van der Waals surface area contributed by atoms with Crippen molar-refractivity contribution in [3.63, 3.8) is 0 Å². The zero-order chi connectivity index (χ0) is 15.6. The summed E-state index contributed by atoms with van der Waals surface area (Å²) in [6, 6.07) is 1.79. The Bertz CT molecular complexity index is 713. The van der Waals surface area contributed by atoms with Crippen molar-refractivity contribution in [2.45, 2.75) is 29.6 Å². The lowest BCUT2D eigenvalue weighted by Gasteiger charge is -2.08. The molecule has 0 radical (unpaired) electrons. The first-order valence-electron chi connectivity index (χ1n) is 5.99. The molecule has 0 bridgehead atoms. The van der Waals surface area contributed by atoms with E-state index in [9.17, 15) is 9.59 Å². The second-order valence-electron chi connectivity index (χ2n) is 4.40. The molecule has 0 fully saturated rings. The maximum absolute atomic E-state index is 11.6. The fourth-order valence-corrected chi connectivity index (χ4v) is 3.83. The number of aliphatic carboxylic acids is 1. The van der Waals surface area contributed by atoms with Crippen molar-refractivity contribution in [2.75, 3.05) is 0 Å². The monoisotopic (exact) mass is 323 g/mol. The van der Waals surface area contributed by atoms with Crippen LogP contribution in [0.3, 0.4) is 0 Å². The molecule has 8 heteroatoms. The molecule has 2 rings (SSSR count). The molecule has 1 amide bonds. The van der Waals surface area contributed by atoms with Crippen molar-refractivity contribution in [1.82, 2.24) is 9.97 Å². The molecule has 0 aliphatic carbocycles. The molecule has 2 aromatic heterocycles. The Balaban J connectivity index is 2.32. The molecule has 0 aliphatic heterocycles. The third-order valence-electron chi connectivity index (χ3n) is 2.60. The predicted molar refractivity (Wildman–Crippen MR) is 79.8 cm³/mol. The number of carbonyl (C=O) groups is 2. The topological polar surface area (TPSA) is 106 Å². The molecule has 3 N–H and O–H groups in total. The van der Waals surface area contributed by atoms with Gasteiger partial charge in [0.25, 0.3) is 5.91 Å². The Morgan fingerprint density at radius 3 is 2.71 bits per heavy atom. The zero-order valence-electron chi connectivity index (χ0n) is 11.4. The SMILES string of the molecule is Cc1cc(C)c(C(N)=O)c(Sc2nc(CC(=O)O)cs2)n1. The number of hydrogen-bond acceptors (Lipinski definition) is 6. The standard InChI is InChI=1S/C13H13N3O3S2/c1-6-3-7(2)15-12(10(6)11(14)19)21-13-16-8(5-20-13)4-9(17)18/h3,5H,4H2,1-2H3,(H2,14,19)(H,17,18). The number of hydrogen-bond donors (Lipinski definition) is 2. The van der Waals surface area contributed by atoms with E-state index in [0.29, 0.717) is 20.6 Å². The van der Waals surface area contributed by atoms with E-state index in [1.807, 2.05) is 6.92 Å². The minimum absolute atomic E-state index is 0.125. The van der Waals surface area contributed by atoms with E-state index in [-0.39, 0.29) is 6.42 Å². The van der Waals surface area contributed by atoms with Gasteiger partial charge in [0.2, 0.25) is 0 Å². The summed E-state index contributed by atoms with van der Waals surface area (Å²) in [5.74, 6) is -1.47. The smallest absolute Gasteiger partial charge is 0.309 e. The van der Waals surface area contributed by atoms with E-state index in [1.54, 1.807) is 18.4 Å². The van der Waals surface area contributed by atoms with Crippen LogP contribution >= 0.6 is 23.1 Å². The van der Waals surface area contributed by atoms with E-state index < -0.39 is 11.9 Å². The molecule has 0 atom stereocenters. The summed E-state index contributed by atoms with van der Waals surface area (Å²) in [6.45, 7) is 3.64. The summed E-state index contributed by atoms with van der Waals surface area (Å²) in [7, 11) is 0. The second kappa shape index (κ2) is 6.23. The fraction of sp³-hybridized carbons (Fsp3) is 0.231. The molecule has 6 nitrogen and oxygen atoms in total. The lowest BCUT2D eigenvalue weighted by atomic mass is 10.1. The number of primary amides is 1. The number of aryl methyl sites for hydroxylation is 2. The maximum atomic E-state index is 11.6. The molecule has 0 spiro atoms. The minimum atomic E-state index is -0.931. The highest BCUT2D eigenvalue weighted by atomic mass is 32.2. The van der Waals surface area contributed by atoms with Crippen LogP contribution in [0.25, 0.3) is 0 Å². The van der Waals surface area contributed by atoms with E-state index in [1.165, 1.54) is 23.1 Å². The van der Waals surface area contributed by atoms with Gasteiger partial charge in [-0.2, -0.15) is 0 Å². The first-order chi connectivity index (χ1) is 9.86. The van der Waals surface area contributed by atoms with Gasteiger partial charge in [0.05, 0.1) is 17.7 Å². The lowest BCUT2D eigenvalue weighted by molar-refractivity contribution is -0.136. The van der Waals surface area contributed by atoms with Gasteiger partial charge < -0.3 is 10.8 Å². The van der Waals surface area contributed by atoms with Crippen LogP contribution in [-0.2, 0) is 11.2 Å². The number of amides is 1. The van der Waals surface area contributed by atoms with Crippen molar-refractivity contribution >= 4 is 35.0 Å². The van der Waals surface area contributed by atoms with Crippen LogP contribution in [0.1, 0.15) is 27.3 Å². The minimum Gasteiger partial charge on any atom is -0.481 e. The van der Waals surface area contributed by atoms with Crippen molar-refractivity contribution < 1.29 is 14.7 Å². The third kappa shape index (κ3) is 3.79. The summed E-state index contributed by atoms with van der Waals surface area (Å²) >= 11 is 2.54. The van der Waals surface area contributed by atoms with Gasteiger partial charge in [0.1, 0.15) is 5.03 Å². The summed E-state index contributed by atoms with van der Waals surface area (Å²) < 4.78 is 0.631. The van der Waals surface area contributed by atoms with Gasteiger partial charge in [-0.3, -0.25) is 9.59 Å². The van der Waals surface area contributed by atoms with E-state index in [0.717, 1.165) is 11.3 Å². The van der Waals surface area contributed by atoms with Crippen LogP contribution < -0.4 is 5.73 Å². The van der Waals surface area contributed by atoms with Gasteiger partial charge in [-0.1, -0.05) is 0 Å². The van der Waals surface area contributed by atoms with Crippen molar-refractivity contribution in [3.8, 4) is 0 Å². The van der Waals surface area contributed by atoms with Gasteiger partial charge >= 0.3 is 5.97 Å². The number of nitrogens with zero attached hydrogens (tertiary/aromatic N) is 2. The highest BCUT2D eigenvalue weighted by Gasteiger charge is 2.17. The van der Waals surface area contributed by atoms with Gasteiger partial charge in [-0.25, -0.2) is 9.97 Å². The molecular formula is C13H13N3O3S2. The Morgan fingerprint density at radius 1 is 1.38 bits per heavy atom. The molecule has 0 aromatic carbocycles. The number of carboxylic acid groups (broad SMARTS) is 1. The molecule has 21 heavy (non-hydrogen) atoms. The zero-order valence-corrected chi connectivity index (χ0v) is 13.0. The van der Waals surface area contributed by atoms with Crippen molar-refractivity contribution in [3.05, 3.63) is 34.0 Å². The number of aromatic nitrogens is 2. The average molecular weight is 323 g/mol. The first kappa shape index (κ1) is 15.5. The summed E-state index contributed by atoms with van der Waals surface area (Å²) in [4.78, 5) is 30.8. The molecule has 0 aliphatic rings. The number of thiazole rings is 1. The highest BCUT2D eigenvalue weighted by molar-refractivity contribution is 8.01. The van der Waals surface area contributed by atoms with E-state index in [2.05, 4.69) is 9.97 Å². The number of pyridine rings is 1. The summed E-state index contributed by atoms with van der Waals surface area (Å²) in [5.41, 5.74) is 7.81. The third-order valence-corrected chi connectivity index (χ3v) is 4.58. The van der Waals surface area contributed by atoms with E-state index in [4.69, 9.17) is 10.8 Å². The molecule has 2 aromatic rings. The van der Waals surface area contributed by atoms with Gasteiger partial charge in [0, 0.05) is 11.1 Å². The fourth-order valence-electron chi connectivity index (χ4n) is 1.83. The van der Waals surface area contributed by atoms with Gasteiger partial charge in [-0.15, -0.1) is 11.3 Å². The molecule has 0 unspecified atom stereocenters. The molecule has 2 heterocycles. The van der Waals surface area contributed by atoms with Gasteiger partial charge in [0.15, 0.2) is 4.34 Å². The van der Waals surface area contributed by atoms with Gasteiger partial charge in [-0.05, 0) is 37.2 Å². The van der Waals surface area contributed by atoms with Crippen LogP contribution in [-0.4, -0.2) is 27.0 Å². The van der Waals surface area contributed by atoms with E-state index >= 15 is 0 Å². The number of nitrogens with two attached hydrogens (primary N) is 1. The molecule has 0 saturated carbocycles. The maximum Gasteiger partial charge on any atom is 0.309 e. The lowest BCUT2D eigenvalue weighted by Crippen LogP contribution is -2.15. The Hall–Kier alpha value is -1.93. The van der Waals surface area contributed by atoms with Crippen LogP contribution in [0.15, 0.2) is 20.8 Å². The van der Waals surface area contributed by atoms with Crippen LogP contribution in [0.2, 0.25) is 0 Å². The van der Waals surface area contributed by atoms with Crippen molar-refractivity contribution in [1.29, 1.82) is 0 Å². The Labute approximate surface area is 129 Å². The Kier molecular flexibility index (Phi) is 4.59. The summed E-state index contributed by atoms with van der Waals surface area (Å²) in [5, 5.41) is 10.9. The Morgan fingerprint density at radius 2 is 2.10 bits per heavy atom. The molecule has 110 valence electrons. The molecule has 0 saturated heterocycles. The molecular weight excluding hydrogens is 310 g/mol. The van der Waals surface area contributed by atoms with Crippen LogP contribution in [0.5, 0.6) is 0 Å². The van der Waals surface area contributed by atoms with Crippen LogP contribution in [0, 0.1) is 13.8 Å². The summed E-state index contributed by atoms with van der Waals surface area (Å²) in [6.07, 6.45) is -0.125. The first-order valence-corrected chi connectivity index (χ1v) is 7.68. The number of rotatable bonds is 5. The van der Waals surface area contributed by atoms with Crippen LogP contribution in [0.4, 0.5) is 0 Å². The normalized spacial score (nSPS) is 10.6. The highest BCUT2D eigenvalue weighted by Crippen LogP contribution is 2.32.